The van der Waals surface area contributed by atoms with Crippen LogP contribution in [0.25, 0.3) is 0 Å². The average Bonchev–Trinajstić information content (AvgIpc) is 2.41. The highest BCUT2D eigenvalue weighted by Crippen LogP contribution is 2.29. The van der Waals surface area contributed by atoms with Gasteiger partial charge in [-0.1, -0.05) is 18.2 Å². The molecule has 1 aromatic carbocycles. The van der Waals surface area contributed by atoms with E-state index in [1.54, 1.807) is 30.6 Å². The maximum absolute atomic E-state index is 12.8. The molecule has 2 aromatic rings. The molecule has 2 atom stereocenters. The lowest BCUT2D eigenvalue weighted by atomic mass is 9.90. The van der Waals surface area contributed by atoms with Gasteiger partial charge >= 0.3 is 0 Å². The molecule has 0 radical (unpaired) electrons. The van der Waals surface area contributed by atoms with Gasteiger partial charge < -0.3 is 10.8 Å². The molecule has 1 aromatic heterocycles. The number of nitrogens with two attached hydrogens (primary N) is 1. The van der Waals surface area contributed by atoms with E-state index >= 15 is 0 Å². The highest BCUT2D eigenvalue weighted by Gasteiger charge is 2.21. The lowest BCUT2D eigenvalue weighted by Gasteiger charge is -2.21. The number of rotatable bonds is 4. The lowest BCUT2D eigenvalue weighted by molar-refractivity contribution is 0.147. The van der Waals surface area contributed by atoms with Gasteiger partial charge in [-0.05, 0) is 29.3 Å². The number of hydrogen-bond donors (Lipinski definition) is 2. The largest absolute Gasteiger partial charge is 0.388 e. The second kappa shape index (κ2) is 5.71. The van der Waals surface area contributed by atoms with Crippen LogP contribution in [0.15, 0.2) is 48.8 Å². The zero-order valence-corrected chi connectivity index (χ0v) is 9.83. The quantitative estimate of drug-likeness (QED) is 0.867. The van der Waals surface area contributed by atoms with E-state index in [4.69, 9.17) is 5.73 Å². The van der Waals surface area contributed by atoms with Crippen molar-refractivity contribution in [3.8, 4) is 0 Å². The van der Waals surface area contributed by atoms with E-state index in [1.807, 2.05) is 6.07 Å². The van der Waals surface area contributed by atoms with Crippen LogP contribution < -0.4 is 5.73 Å². The van der Waals surface area contributed by atoms with Crippen molar-refractivity contribution in [2.24, 2.45) is 5.73 Å². The number of aliphatic hydroxyl groups excluding tert-OH is 1. The summed E-state index contributed by atoms with van der Waals surface area (Å²) >= 11 is 0. The first-order valence-corrected chi connectivity index (χ1v) is 5.76. The number of benzene rings is 1. The normalized spacial score (nSPS) is 14.2. The van der Waals surface area contributed by atoms with Gasteiger partial charge in [-0.15, -0.1) is 0 Å². The minimum atomic E-state index is -0.764. The Bertz CT molecular complexity index is 487. The molecule has 0 aliphatic heterocycles. The molecule has 3 N–H and O–H groups in total. The Balaban J connectivity index is 2.25. The zero-order valence-electron chi connectivity index (χ0n) is 9.83. The topological polar surface area (TPSA) is 59.1 Å². The van der Waals surface area contributed by atoms with Crippen molar-refractivity contribution in [3.05, 3.63) is 65.7 Å². The second-order valence-corrected chi connectivity index (χ2v) is 4.12. The Morgan fingerprint density at radius 1 is 1.17 bits per heavy atom. The summed E-state index contributed by atoms with van der Waals surface area (Å²) in [6.45, 7) is 0.296. The maximum atomic E-state index is 12.8. The average molecular weight is 246 g/mol. The number of aromatic nitrogens is 1. The van der Waals surface area contributed by atoms with Gasteiger partial charge in [0.1, 0.15) is 5.82 Å². The molecule has 2 unspecified atom stereocenters. The van der Waals surface area contributed by atoms with Crippen LogP contribution in [-0.2, 0) is 0 Å². The molecule has 94 valence electrons. The molecule has 0 aliphatic rings. The lowest BCUT2D eigenvalue weighted by Crippen LogP contribution is -2.20. The fourth-order valence-corrected chi connectivity index (χ4v) is 1.93. The van der Waals surface area contributed by atoms with Crippen LogP contribution in [0.5, 0.6) is 0 Å². The van der Waals surface area contributed by atoms with E-state index in [1.165, 1.54) is 12.1 Å². The predicted octanol–water partition coefficient (Wildman–Crippen LogP) is 2.00. The molecule has 1 heterocycles. The molecule has 18 heavy (non-hydrogen) atoms. The minimum absolute atomic E-state index is 0.246. The molecule has 4 heteroatoms. The van der Waals surface area contributed by atoms with Crippen molar-refractivity contribution in [1.82, 2.24) is 4.98 Å². The van der Waals surface area contributed by atoms with Crippen LogP contribution >= 0.6 is 0 Å². The molecular weight excluding hydrogens is 231 g/mol. The fourth-order valence-electron chi connectivity index (χ4n) is 1.93. The third-order valence-electron chi connectivity index (χ3n) is 2.96. The summed E-state index contributed by atoms with van der Waals surface area (Å²) in [6.07, 6.45) is 2.59. The SMILES string of the molecule is NCC(c1cccnc1)C(O)c1ccc(F)cc1. The maximum Gasteiger partial charge on any atom is 0.123 e. The van der Waals surface area contributed by atoms with Gasteiger partial charge in [0.25, 0.3) is 0 Å². The summed E-state index contributed by atoms with van der Waals surface area (Å²) in [7, 11) is 0. The van der Waals surface area contributed by atoms with Crippen LogP contribution in [0.2, 0.25) is 0 Å². The number of aliphatic hydroxyl groups is 1. The van der Waals surface area contributed by atoms with E-state index in [0.717, 1.165) is 5.56 Å². The Labute approximate surface area is 105 Å². The smallest absolute Gasteiger partial charge is 0.123 e. The third kappa shape index (κ3) is 2.72. The van der Waals surface area contributed by atoms with Crippen LogP contribution in [0.4, 0.5) is 4.39 Å². The van der Waals surface area contributed by atoms with Crippen molar-refractivity contribution in [2.45, 2.75) is 12.0 Å². The van der Waals surface area contributed by atoms with E-state index in [2.05, 4.69) is 4.98 Å². The van der Waals surface area contributed by atoms with Gasteiger partial charge in [0, 0.05) is 24.9 Å². The molecular formula is C14H15FN2O. The Hall–Kier alpha value is -1.78. The number of hydrogen-bond acceptors (Lipinski definition) is 3. The summed E-state index contributed by atoms with van der Waals surface area (Å²) in [5.41, 5.74) is 7.23. The second-order valence-electron chi connectivity index (χ2n) is 4.12. The third-order valence-corrected chi connectivity index (χ3v) is 2.96. The summed E-state index contributed by atoms with van der Waals surface area (Å²) in [4.78, 5) is 4.02. The van der Waals surface area contributed by atoms with Gasteiger partial charge in [-0.25, -0.2) is 4.39 Å². The molecule has 0 amide bonds. The highest BCUT2D eigenvalue weighted by atomic mass is 19.1. The molecule has 0 fully saturated rings. The molecule has 0 saturated heterocycles. The summed E-state index contributed by atoms with van der Waals surface area (Å²) in [5.74, 6) is -0.569. The van der Waals surface area contributed by atoms with E-state index in [0.29, 0.717) is 12.1 Å². The van der Waals surface area contributed by atoms with Gasteiger partial charge in [-0.3, -0.25) is 4.98 Å². The summed E-state index contributed by atoms with van der Waals surface area (Å²) in [5, 5.41) is 10.3. The van der Waals surface area contributed by atoms with E-state index < -0.39 is 6.10 Å². The van der Waals surface area contributed by atoms with Gasteiger partial charge in [-0.2, -0.15) is 0 Å². The van der Waals surface area contributed by atoms with E-state index in [9.17, 15) is 9.50 Å². The monoisotopic (exact) mass is 246 g/mol. The predicted molar refractivity (Wildman–Crippen MR) is 67.4 cm³/mol. The highest BCUT2D eigenvalue weighted by molar-refractivity contribution is 5.25. The first-order valence-electron chi connectivity index (χ1n) is 5.76. The number of nitrogens with zero attached hydrogens (tertiary/aromatic N) is 1. The standard InChI is InChI=1S/C14H15FN2O/c15-12-5-3-10(4-6-12)14(18)13(8-16)11-2-1-7-17-9-11/h1-7,9,13-14,18H,8,16H2. The zero-order chi connectivity index (χ0) is 13.0. The molecule has 2 rings (SSSR count). The molecule has 0 bridgehead atoms. The Morgan fingerprint density at radius 2 is 1.89 bits per heavy atom. The van der Waals surface area contributed by atoms with Gasteiger partial charge in [0.2, 0.25) is 0 Å². The first-order chi connectivity index (χ1) is 8.72. The molecule has 3 nitrogen and oxygen atoms in total. The van der Waals surface area contributed by atoms with Crippen LogP contribution in [0, 0.1) is 5.82 Å². The van der Waals surface area contributed by atoms with Gasteiger partial charge in [0.15, 0.2) is 0 Å². The van der Waals surface area contributed by atoms with Crippen molar-refractivity contribution in [1.29, 1.82) is 0 Å². The fraction of sp³-hybridized carbons (Fsp3) is 0.214. The van der Waals surface area contributed by atoms with Crippen molar-refractivity contribution < 1.29 is 9.50 Å². The van der Waals surface area contributed by atoms with Crippen LogP contribution in [-0.4, -0.2) is 16.6 Å². The van der Waals surface area contributed by atoms with Crippen molar-refractivity contribution in [3.63, 3.8) is 0 Å². The van der Waals surface area contributed by atoms with E-state index in [-0.39, 0.29) is 11.7 Å². The first kappa shape index (κ1) is 12.7. The number of pyridine rings is 1. The number of halogens is 1. The van der Waals surface area contributed by atoms with Gasteiger partial charge in [0.05, 0.1) is 6.10 Å². The Kier molecular flexibility index (Phi) is 4.02. The Morgan fingerprint density at radius 3 is 2.44 bits per heavy atom. The molecule has 0 aliphatic carbocycles. The molecule has 0 saturated carbocycles. The minimum Gasteiger partial charge on any atom is -0.388 e. The van der Waals surface area contributed by atoms with Crippen LogP contribution in [0.3, 0.4) is 0 Å². The van der Waals surface area contributed by atoms with Crippen LogP contribution in [0.1, 0.15) is 23.1 Å². The van der Waals surface area contributed by atoms with Crippen molar-refractivity contribution >= 4 is 0 Å². The van der Waals surface area contributed by atoms with Crippen molar-refractivity contribution in [2.75, 3.05) is 6.54 Å². The summed E-state index contributed by atoms with van der Waals surface area (Å²) in [6, 6.07) is 9.47. The molecule has 0 spiro atoms. The summed E-state index contributed by atoms with van der Waals surface area (Å²) < 4.78 is 12.8.